The fourth-order valence-corrected chi connectivity index (χ4v) is 3.18. The van der Waals surface area contributed by atoms with Crippen LogP contribution in [0.25, 0.3) is 0 Å². The molecule has 0 saturated heterocycles. The van der Waals surface area contributed by atoms with Crippen molar-refractivity contribution in [3.8, 4) is 0 Å². The van der Waals surface area contributed by atoms with Crippen LogP contribution in [-0.2, 0) is 0 Å². The van der Waals surface area contributed by atoms with Crippen LogP contribution in [0.15, 0.2) is 24.3 Å². The third-order valence-electron chi connectivity index (χ3n) is 4.35. The summed E-state index contributed by atoms with van der Waals surface area (Å²) in [5.74, 6) is 0.846. The van der Waals surface area contributed by atoms with E-state index in [1.807, 2.05) is 18.2 Å². The average molecular weight is 281 g/mol. The first kappa shape index (κ1) is 14.8. The maximum Gasteiger partial charge on any atom is 0.0511 e. The van der Waals surface area contributed by atoms with Gasteiger partial charge in [0, 0.05) is 17.6 Å². The lowest BCUT2D eigenvalue weighted by Gasteiger charge is -2.38. The van der Waals surface area contributed by atoms with Crippen LogP contribution in [0.4, 0.5) is 0 Å². The molecule has 1 saturated carbocycles. The summed E-state index contributed by atoms with van der Waals surface area (Å²) in [5.41, 5.74) is 7.52. The summed E-state index contributed by atoms with van der Waals surface area (Å²) in [4.78, 5) is 2.40. The van der Waals surface area contributed by atoms with E-state index in [4.69, 9.17) is 17.3 Å². The Balaban J connectivity index is 2.17. The standard InChI is InChI=1S/C16H25ClN2/c1-3-15(18)16(13-9-4-5-10-14(13)17)19(2)11-12-7-6-8-12/h4-5,9-10,12,15-16H,3,6-8,11,18H2,1-2H3. The smallest absolute Gasteiger partial charge is 0.0511 e. The maximum atomic E-state index is 6.37. The number of nitrogens with two attached hydrogens (primary N) is 1. The number of likely N-dealkylation sites (N-methyl/N-ethyl adjacent to an activating group) is 1. The number of hydrogen-bond acceptors (Lipinski definition) is 2. The zero-order valence-corrected chi connectivity index (χ0v) is 12.7. The summed E-state index contributed by atoms with van der Waals surface area (Å²) in [6.07, 6.45) is 5.07. The highest BCUT2D eigenvalue weighted by Crippen LogP contribution is 2.33. The Morgan fingerprint density at radius 2 is 2.05 bits per heavy atom. The summed E-state index contributed by atoms with van der Waals surface area (Å²) in [6.45, 7) is 3.27. The van der Waals surface area contributed by atoms with Crippen LogP contribution in [0.2, 0.25) is 5.02 Å². The monoisotopic (exact) mass is 280 g/mol. The first-order valence-corrected chi connectivity index (χ1v) is 7.71. The molecule has 1 aliphatic rings. The van der Waals surface area contributed by atoms with Crippen LogP contribution < -0.4 is 5.73 Å². The van der Waals surface area contributed by atoms with Gasteiger partial charge in [0.25, 0.3) is 0 Å². The molecule has 2 atom stereocenters. The molecule has 1 fully saturated rings. The highest BCUT2D eigenvalue weighted by Gasteiger charge is 2.28. The molecule has 2 nitrogen and oxygen atoms in total. The van der Waals surface area contributed by atoms with E-state index in [1.165, 1.54) is 24.8 Å². The largest absolute Gasteiger partial charge is 0.326 e. The molecular weight excluding hydrogens is 256 g/mol. The van der Waals surface area contributed by atoms with E-state index in [-0.39, 0.29) is 12.1 Å². The Hall–Kier alpha value is -0.570. The van der Waals surface area contributed by atoms with Crippen molar-refractivity contribution in [2.24, 2.45) is 11.7 Å². The van der Waals surface area contributed by atoms with Gasteiger partial charge in [-0.3, -0.25) is 4.90 Å². The second-order valence-electron chi connectivity index (χ2n) is 5.77. The molecule has 1 aliphatic carbocycles. The van der Waals surface area contributed by atoms with Gasteiger partial charge in [-0.15, -0.1) is 0 Å². The van der Waals surface area contributed by atoms with E-state index in [0.717, 1.165) is 23.9 Å². The molecule has 2 unspecified atom stereocenters. The summed E-state index contributed by atoms with van der Waals surface area (Å²) in [5, 5.41) is 0.830. The van der Waals surface area contributed by atoms with Crippen molar-refractivity contribution in [2.45, 2.75) is 44.7 Å². The fourth-order valence-electron chi connectivity index (χ4n) is 2.93. The van der Waals surface area contributed by atoms with E-state index in [1.54, 1.807) is 0 Å². The molecule has 0 bridgehead atoms. The third kappa shape index (κ3) is 3.50. The molecule has 0 heterocycles. The van der Waals surface area contributed by atoms with Crippen molar-refractivity contribution in [1.82, 2.24) is 4.90 Å². The first-order valence-electron chi connectivity index (χ1n) is 7.33. The predicted molar refractivity (Wildman–Crippen MR) is 82.4 cm³/mol. The van der Waals surface area contributed by atoms with Crippen molar-refractivity contribution in [3.05, 3.63) is 34.9 Å². The zero-order valence-electron chi connectivity index (χ0n) is 12.0. The first-order chi connectivity index (χ1) is 9.13. The molecule has 3 heteroatoms. The van der Waals surface area contributed by atoms with Crippen molar-refractivity contribution in [1.29, 1.82) is 0 Å². The fraction of sp³-hybridized carbons (Fsp3) is 0.625. The number of benzene rings is 1. The normalized spacial score (nSPS) is 19.2. The molecule has 1 aromatic carbocycles. The van der Waals surface area contributed by atoms with Crippen LogP contribution in [-0.4, -0.2) is 24.5 Å². The van der Waals surface area contributed by atoms with E-state index in [9.17, 15) is 0 Å². The van der Waals surface area contributed by atoms with Crippen LogP contribution in [0, 0.1) is 5.92 Å². The minimum Gasteiger partial charge on any atom is -0.326 e. The Kier molecular flexibility index (Phi) is 5.26. The SMILES string of the molecule is CCC(N)C(c1ccccc1Cl)N(C)CC1CCC1. The number of rotatable bonds is 6. The van der Waals surface area contributed by atoms with Crippen LogP contribution in [0.1, 0.15) is 44.2 Å². The van der Waals surface area contributed by atoms with Gasteiger partial charge in [-0.25, -0.2) is 0 Å². The molecule has 19 heavy (non-hydrogen) atoms. The van der Waals surface area contributed by atoms with E-state index in [0.29, 0.717) is 0 Å². The molecule has 106 valence electrons. The molecule has 0 aliphatic heterocycles. The number of hydrogen-bond donors (Lipinski definition) is 1. The van der Waals surface area contributed by atoms with Gasteiger partial charge in [0.15, 0.2) is 0 Å². The van der Waals surface area contributed by atoms with E-state index < -0.39 is 0 Å². The molecule has 0 amide bonds. The lowest BCUT2D eigenvalue weighted by atomic mass is 9.84. The zero-order chi connectivity index (χ0) is 13.8. The molecule has 2 N–H and O–H groups in total. The lowest BCUT2D eigenvalue weighted by molar-refractivity contribution is 0.144. The average Bonchev–Trinajstić information content (AvgIpc) is 2.36. The Morgan fingerprint density at radius 3 is 2.58 bits per heavy atom. The molecule has 0 radical (unpaired) electrons. The van der Waals surface area contributed by atoms with Gasteiger partial charge in [0.05, 0.1) is 6.04 Å². The topological polar surface area (TPSA) is 29.3 Å². The Labute approximate surface area is 121 Å². The Bertz CT molecular complexity index is 403. The highest BCUT2D eigenvalue weighted by atomic mass is 35.5. The van der Waals surface area contributed by atoms with Gasteiger partial charge in [0.2, 0.25) is 0 Å². The van der Waals surface area contributed by atoms with Crippen molar-refractivity contribution < 1.29 is 0 Å². The van der Waals surface area contributed by atoms with Crippen molar-refractivity contribution in [3.63, 3.8) is 0 Å². The number of halogens is 1. The van der Waals surface area contributed by atoms with Gasteiger partial charge in [-0.05, 0) is 43.9 Å². The lowest BCUT2D eigenvalue weighted by Crippen LogP contribution is -2.42. The summed E-state index contributed by atoms with van der Waals surface area (Å²) in [7, 11) is 2.18. The highest BCUT2D eigenvalue weighted by molar-refractivity contribution is 6.31. The third-order valence-corrected chi connectivity index (χ3v) is 4.69. The van der Waals surface area contributed by atoms with Crippen LogP contribution >= 0.6 is 11.6 Å². The molecular formula is C16H25ClN2. The second kappa shape index (κ2) is 6.74. The molecule has 2 rings (SSSR count). The van der Waals surface area contributed by atoms with Crippen LogP contribution in [0.5, 0.6) is 0 Å². The Morgan fingerprint density at radius 1 is 1.37 bits per heavy atom. The molecule has 1 aromatic rings. The number of nitrogens with zero attached hydrogens (tertiary/aromatic N) is 1. The maximum absolute atomic E-state index is 6.37. The summed E-state index contributed by atoms with van der Waals surface area (Å²) >= 11 is 6.37. The van der Waals surface area contributed by atoms with Crippen molar-refractivity contribution in [2.75, 3.05) is 13.6 Å². The van der Waals surface area contributed by atoms with E-state index in [2.05, 4.69) is 24.9 Å². The van der Waals surface area contributed by atoms with Gasteiger partial charge < -0.3 is 5.73 Å². The summed E-state index contributed by atoms with van der Waals surface area (Å²) in [6, 6.07) is 8.45. The molecule has 0 aromatic heterocycles. The van der Waals surface area contributed by atoms with Crippen molar-refractivity contribution >= 4 is 11.6 Å². The van der Waals surface area contributed by atoms with Gasteiger partial charge >= 0.3 is 0 Å². The second-order valence-corrected chi connectivity index (χ2v) is 6.18. The van der Waals surface area contributed by atoms with Gasteiger partial charge in [-0.2, -0.15) is 0 Å². The minimum atomic E-state index is 0.130. The van der Waals surface area contributed by atoms with Crippen LogP contribution in [0.3, 0.4) is 0 Å². The quantitative estimate of drug-likeness (QED) is 0.858. The molecule has 0 spiro atoms. The van der Waals surface area contributed by atoms with E-state index >= 15 is 0 Å². The van der Waals surface area contributed by atoms with Gasteiger partial charge in [0.1, 0.15) is 0 Å². The predicted octanol–water partition coefficient (Wildman–Crippen LogP) is 3.85. The summed E-state index contributed by atoms with van der Waals surface area (Å²) < 4.78 is 0. The van der Waals surface area contributed by atoms with Gasteiger partial charge in [-0.1, -0.05) is 43.1 Å². The minimum absolute atomic E-state index is 0.130.